The second-order valence-corrected chi connectivity index (χ2v) is 5.36. The molecule has 0 aliphatic rings. The minimum atomic E-state index is -1.14. The van der Waals surface area contributed by atoms with Gasteiger partial charge in [0, 0.05) is 0 Å². The lowest BCUT2D eigenvalue weighted by Gasteiger charge is -2.27. The van der Waals surface area contributed by atoms with Gasteiger partial charge >= 0.3 is 11.7 Å². The minimum Gasteiger partial charge on any atom is -0.480 e. The minimum absolute atomic E-state index is 0.233. The fourth-order valence-electron chi connectivity index (χ4n) is 1.54. The largest absolute Gasteiger partial charge is 0.480 e. The maximum Gasteiger partial charge on any atom is 0.326 e. The Bertz CT molecular complexity index is 531. The van der Waals surface area contributed by atoms with E-state index >= 15 is 0 Å². The molecule has 1 rings (SSSR count). The van der Waals surface area contributed by atoms with Crippen LogP contribution in [0.2, 0.25) is 0 Å². The first kappa shape index (κ1) is 15.6. The number of nitrogens with zero attached hydrogens (tertiary/aromatic N) is 3. The van der Waals surface area contributed by atoms with E-state index in [1.807, 2.05) is 0 Å². The summed E-state index contributed by atoms with van der Waals surface area (Å²) in [6.45, 7) is 4.77. The van der Waals surface area contributed by atoms with Gasteiger partial charge in [-0.15, -0.1) is 0 Å². The number of nitrogens with one attached hydrogen (secondary N) is 1. The number of amides is 1. The molecule has 1 amide bonds. The van der Waals surface area contributed by atoms with Crippen molar-refractivity contribution in [2.75, 3.05) is 0 Å². The first-order valence-corrected chi connectivity index (χ1v) is 5.80. The van der Waals surface area contributed by atoms with Gasteiger partial charge in [0.15, 0.2) is 0 Å². The molecule has 0 aliphatic heterocycles. The number of hydrogen-bond donors (Lipinski definition) is 2. The van der Waals surface area contributed by atoms with E-state index in [1.165, 1.54) is 0 Å². The number of nitro groups is 1. The van der Waals surface area contributed by atoms with Gasteiger partial charge in [-0.1, -0.05) is 20.8 Å². The summed E-state index contributed by atoms with van der Waals surface area (Å²) in [7, 11) is 0. The maximum absolute atomic E-state index is 11.7. The summed E-state index contributed by atoms with van der Waals surface area (Å²) in [5.74, 6) is -1.72. The van der Waals surface area contributed by atoms with E-state index in [2.05, 4.69) is 10.4 Å². The Morgan fingerprint density at radius 1 is 1.55 bits per heavy atom. The van der Waals surface area contributed by atoms with Gasteiger partial charge < -0.3 is 10.4 Å². The Balaban J connectivity index is 2.71. The summed E-state index contributed by atoms with van der Waals surface area (Å²) in [6, 6.07) is -1.06. The molecule has 9 nitrogen and oxygen atoms in total. The quantitative estimate of drug-likeness (QED) is 0.595. The number of hydrogen-bond acceptors (Lipinski definition) is 5. The lowest BCUT2D eigenvalue weighted by atomic mass is 9.87. The van der Waals surface area contributed by atoms with Crippen molar-refractivity contribution in [1.82, 2.24) is 15.1 Å². The topological polar surface area (TPSA) is 127 Å². The summed E-state index contributed by atoms with van der Waals surface area (Å²) in [5, 5.41) is 25.6. The van der Waals surface area contributed by atoms with Gasteiger partial charge in [-0.25, -0.2) is 4.79 Å². The highest BCUT2D eigenvalue weighted by Gasteiger charge is 2.32. The SMILES string of the molecule is CC(C)(C)[C@H](NC(=O)Cn1cc([N+](=O)[O-])cn1)C(=O)O. The second kappa shape index (κ2) is 5.68. The van der Waals surface area contributed by atoms with Crippen molar-refractivity contribution in [3.63, 3.8) is 0 Å². The van der Waals surface area contributed by atoms with Crippen molar-refractivity contribution in [3.8, 4) is 0 Å². The smallest absolute Gasteiger partial charge is 0.326 e. The van der Waals surface area contributed by atoms with E-state index in [9.17, 15) is 19.7 Å². The number of carbonyl (C=O) groups excluding carboxylic acids is 1. The van der Waals surface area contributed by atoms with Gasteiger partial charge in [0.1, 0.15) is 25.0 Å². The molecule has 0 unspecified atom stereocenters. The molecule has 1 aromatic heterocycles. The standard InChI is InChI=1S/C11H16N4O5/c1-11(2,3)9(10(17)18)13-8(16)6-14-5-7(4-12-14)15(19)20/h4-5,9H,6H2,1-3H3,(H,13,16)(H,17,18)/t9-/m1/s1. The first-order valence-electron chi connectivity index (χ1n) is 5.80. The van der Waals surface area contributed by atoms with Gasteiger partial charge in [0.05, 0.1) is 4.92 Å². The molecular formula is C11H16N4O5. The van der Waals surface area contributed by atoms with Crippen LogP contribution in [0.15, 0.2) is 12.4 Å². The molecular weight excluding hydrogens is 268 g/mol. The van der Waals surface area contributed by atoms with Crippen LogP contribution in [0.3, 0.4) is 0 Å². The first-order chi connectivity index (χ1) is 9.11. The van der Waals surface area contributed by atoms with Crippen LogP contribution in [0.25, 0.3) is 0 Å². The highest BCUT2D eigenvalue weighted by atomic mass is 16.6. The van der Waals surface area contributed by atoms with Crippen LogP contribution in [0.5, 0.6) is 0 Å². The fraction of sp³-hybridized carbons (Fsp3) is 0.545. The number of aromatic nitrogens is 2. The normalized spacial score (nSPS) is 12.8. The zero-order chi connectivity index (χ0) is 15.5. The number of carbonyl (C=O) groups is 2. The lowest BCUT2D eigenvalue weighted by Crippen LogP contribution is -2.49. The van der Waals surface area contributed by atoms with E-state index in [0.717, 1.165) is 17.1 Å². The van der Waals surface area contributed by atoms with E-state index in [4.69, 9.17) is 5.11 Å². The van der Waals surface area contributed by atoms with Crippen molar-refractivity contribution in [1.29, 1.82) is 0 Å². The zero-order valence-corrected chi connectivity index (χ0v) is 11.4. The molecule has 2 N–H and O–H groups in total. The Kier molecular flexibility index (Phi) is 4.43. The van der Waals surface area contributed by atoms with Crippen LogP contribution >= 0.6 is 0 Å². The van der Waals surface area contributed by atoms with E-state index < -0.39 is 28.3 Å². The molecule has 0 aliphatic carbocycles. The van der Waals surface area contributed by atoms with Crippen molar-refractivity contribution in [3.05, 3.63) is 22.5 Å². The summed E-state index contributed by atoms with van der Waals surface area (Å²) in [6.07, 6.45) is 2.12. The highest BCUT2D eigenvalue weighted by molar-refractivity contribution is 5.83. The van der Waals surface area contributed by atoms with Crippen LogP contribution < -0.4 is 5.32 Å². The molecule has 0 bridgehead atoms. The molecule has 0 saturated carbocycles. The average Bonchev–Trinajstić information content (AvgIpc) is 2.72. The second-order valence-electron chi connectivity index (χ2n) is 5.36. The average molecular weight is 284 g/mol. The third-order valence-electron chi connectivity index (χ3n) is 2.55. The summed E-state index contributed by atoms with van der Waals surface area (Å²) in [5.41, 5.74) is -0.888. The highest BCUT2D eigenvalue weighted by Crippen LogP contribution is 2.19. The van der Waals surface area contributed by atoms with Crippen molar-refractivity contribution in [2.45, 2.75) is 33.4 Å². The van der Waals surface area contributed by atoms with Crippen molar-refractivity contribution < 1.29 is 19.6 Å². The predicted molar refractivity (Wildman–Crippen MR) is 67.9 cm³/mol. The third-order valence-corrected chi connectivity index (χ3v) is 2.55. The van der Waals surface area contributed by atoms with Gasteiger partial charge in [-0.3, -0.25) is 19.6 Å². The molecule has 1 atom stereocenters. The molecule has 0 saturated heterocycles. The monoisotopic (exact) mass is 284 g/mol. The molecule has 0 radical (unpaired) electrons. The Morgan fingerprint density at radius 3 is 2.55 bits per heavy atom. The molecule has 110 valence electrons. The van der Waals surface area contributed by atoms with Crippen molar-refractivity contribution >= 4 is 17.6 Å². The molecule has 0 aromatic carbocycles. The maximum atomic E-state index is 11.7. The summed E-state index contributed by atoms with van der Waals surface area (Å²) >= 11 is 0. The van der Waals surface area contributed by atoms with Crippen LogP contribution in [0.1, 0.15) is 20.8 Å². The van der Waals surface area contributed by atoms with E-state index in [1.54, 1.807) is 20.8 Å². The number of carboxylic acids is 1. The molecule has 9 heteroatoms. The number of carboxylic acid groups (broad SMARTS) is 1. The number of rotatable bonds is 5. The fourth-order valence-corrected chi connectivity index (χ4v) is 1.54. The summed E-state index contributed by atoms with van der Waals surface area (Å²) in [4.78, 5) is 32.7. The molecule has 1 heterocycles. The number of aliphatic carboxylic acids is 1. The van der Waals surface area contributed by atoms with Crippen molar-refractivity contribution in [2.24, 2.45) is 5.41 Å². The third kappa shape index (κ3) is 4.04. The Morgan fingerprint density at radius 2 is 2.15 bits per heavy atom. The van der Waals surface area contributed by atoms with Gasteiger partial charge in [0.2, 0.25) is 5.91 Å². The Labute approximate surface area is 114 Å². The van der Waals surface area contributed by atoms with Gasteiger partial charge in [0.25, 0.3) is 0 Å². The lowest BCUT2D eigenvalue weighted by molar-refractivity contribution is -0.385. The predicted octanol–water partition coefficient (Wildman–Crippen LogP) is 0.407. The molecule has 0 spiro atoms. The molecule has 0 fully saturated rings. The molecule has 1 aromatic rings. The van der Waals surface area contributed by atoms with Crippen LogP contribution in [0.4, 0.5) is 5.69 Å². The van der Waals surface area contributed by atoms with Crippen LogP contribution in [-0.4, -0.2) is 37.7 Å². The molecule has 20 heavy (non-hydrogen) atoms. The summed E-state index contributed by atoms with van der Waals surface area (Å²) < 4.78 is 1.08. The van der Waals surface area contributed by atoms with Crippen LogP contribution in [0, 0.1) is 15.5 Å². The van der Waals surface area contributed by atoms with Gasteiger partial charge in [-0.05, 0) is 5.41 Å². The van der Waals surface area contributed by atoms with Crippen LogP contribution in [-0.2, 0) is 16.1 Å². The Hall–Kier alpha value is -2.45. The van der Waals surface area contributed by atoms with Gasteiger partial charge in [-0.2, -0.15) is 5.10 Å². The van der Waals surface area contributed by atoms with E-state index in [0.29, 0.717) is 0 Å². The zero-order valence-electron chi connectivity index (χ0n) is 11.4. The van der Waals surface area contributed by atoms with E-state index in [-0.39, 0.29) is 12.2 Å².